The zero-order chi connectivity index (χ0) is 14.5. The van der Waals surface area contributed by atoms with Crippen LogP contribution in [0.2, 0.25) is 0 Å². The van der Waals surface area contributed by atoms with E-state index in [4.69, 9.17) is 5.73 Å². The van der Waals surface area contributed by atoms with Crippen molar-refractivity contribution in [3.05, 3.63) is 44.8 Å². The molecule has 0 aliphatic carbocycles. The smallest absolute Gasteiger partial charge is 0.262 e. The Labute approximate surface area is 119 Å². The first-order valence-electron chi connectivity index (χ1n) is 5.75. The van der Waals surface area contributed by atoms with Crippen LogP contribution in [-0.4, -0.2) is 22.4 Å². The molecule has 2 rings (SSSR count). The molecule has 0 spiro atoms. The molecule has 6 nitrogen and oxygen atoms in total. The third-order valence-electron chi connectivity index (χ3n) is 2.34. The van der Waals surface area contributed by atoms with Gasteiger partial charge in [-0.15, -0.1) is 0 Å². The van der Waals surface area contributed by atoms with Crippen LogP contribution in [0.5, 0.6) is 0 Å². The lowest BCUT2D eigenvalue weighted by molar-refractivity contribution is 0.102. The van der Waals surface area contributed by atoms with Gasteiger partial charge in [0.1, 0.15) is 5.56 Å². The molecule has 0 radical (unpaired) electrons. The first kappa shape index (κ1) is 14.0. The molecule has 0 aliphatic heterocycles. The molecule has 102 valence electrons. The standard InChI is InChI=1S/C13H12N4O2S/c1-8-5-11(18)10(7-15-8)12(19)17-13-16-6-9(20-13)3-2-4-14/h5-7H,4,14H2,1H3,(H,15,18)(H,16,17,19). The highest BCUT2D eigenvalue weighted by atomic mass is 32.1. The SMILES string of the molecule is Cc1cc(=O)c(C(=O)Nc2ncc(C#CCN)s2)c[nH]1. The molecule has 1 amide bonds. The molecule has 0 aliphatic rings. The Kier molecular flexibility index (Phi) is 4.30. The summed E-state index contributed by atoms with van der Waals surface area (Å²) in [5.74, 6) is 5.02. The van der Waals surface area contributed by atoms with Crippen molar-refractivity contribution >= 4 is 22.4 Å². The molecule has 0 atom stereocenters. The van der Waals surface area contributed by atoms with Gasteiger partial charge in [0.2, 0.25) is 0 Å². The highest BCUT2D eigenvalue weighted by Gasteiger charge is 2.12. The molecule has 0 fully saturated rings. The molecule has 0 aromatic carbocycles. The highest BCUT2D eigenvalue weighted by molar-refractivity contribution is 7.16. The van der Waals surface area contributed by atoms with E-state index in [2.05, 4.69) is 27.1 Å². The van der Waals surface area contributed by atoms with Gasteiger partial charge >= 0.3 is 0 Å². The van der Waals surface area contributed by atoms with Crippen LogP contribution in [-0.2, 0) is 0 Å². The van der Waals surface area contributed by atoms with Gasteiger partial charge in [-0.05, 0) is 6.92 Å². The van der Waals surface area contributed by atoms with Gasteiger partial charge in [0.15, 0.2) is 10.6 Å². The van der Waals surface area contributed by atoms with E-state index in [1.165, 1.54) is 23.6 Å². The summed E-state index contributed by atoms with van der Waals surface area (Å²) >= 11 is 1.22. The summed E-state index contributed by atoms with van der Waals surface area (Å²) in [5.41, 5.74) is 5.67. The average Bonchev–Trinajstić information content (AvgIpc) is 2.83. The summed E-state index contributed by atoms with van der Waals surface area (Å²) in [6, 6.07) is 1.37. The van der Waals surface area contributed by atoms with Gasteiger partial charge in [-0.25, -0.2) is 4.98 Å². The zero-order valence-electron chi connectivity index (χ0n) is 10.7. The van der Waals surface area contributed by atoms with Crippen LogP contribution in [0.3, 0.4) is 0 Å². The Morgan fingerprint density at radius 3 is 3.10 bits per heavy atom. The van der Waals surface area contributed by atoms with Gasteiger partial charge in [-0.3, -0.25) is 14.9 Å². The average molecular weight is 288 g/mol. The fraction of sp³-hybridized carbons (Fsp3) is 0.154. The maximum Gasteiger partial charge on any atom is 0.262 e. The Bertz CT molecular complexity index is 751. The van der Waals surface area contributed by atoms with E-state index in [1.807, 2.05) is 0 Å². The number of rotatable bonds is 2. The van der Waals surface area contributed by atoms with E-state index in [-0.39, 0.29) is 17.5 Å². The number of carbonyl (C=O) groups excluding carboxylic acids is 1. The lowest BCUT2D eigenvalue weighted by atomic mass is 10.2. The third kappa shape index (κ3) is 3.32. The van der Waals surface area contributed by atoms with Gasteiger partial charge in [-0.1, -0.05) is 23.2 Å². The number of nitrogens with one attached hydrogen (secondary N) is 2. The van der Waals surface area contributed by atoms with Crippen LogP contribution in [0.4, 0.5) is 5.13 Å². The minimum Gasteiger partial charge on any atom is -0.364 e. The van der Waals surface area contributed by atoms with Gasteiger partial charge in [0, 0.05) is 18.0 Å². The Morgan fingerprint density at radius 1 is 1.60 bits per heavy atom. The molecule has 20 heavy (non-hydrogen) atoms. The molecule has 2 aromatic rings. The Balaban J connectivity index is 2.15. The molecule has 2 aromatic heterocycles. The van der Waals surface area contributed by atoms with Crippen molar-refractivity contribution in [2.45, 2.75) is 6.92 Å². The molecule has 0 unspecified atom stereocenters. The second-order valence-electron chi connectivity index (χ2n) is 3.88. The molecular weight excluding hydrogens is 276 g/mol. The van der Waals surface area contributed by atoms with E-state index < -0.39 is 5.91 Å². The number of nitrogens with zero attached hydrogens (tertiary/aromatic N) is 1. The highest BCUT2D eigenvalue weighted by Crippen LogP contribution is 2.17. The normalized spacial score (nSPS) is 9.70. The van der Waals surface area contributed by atoms with Crippen molar-refractivity contribution in [3.63, 3.8) is 0 Å². The quantitative estimate of drug-likeness (QED) is 0.708. The minimum atomic E-state index is -0.501. The number of aromatic amines is 1. The number of carbonyl (C=O) groups is 1. The Hall–Kier alpha value is -2.43. The molecular formula is C13H12N4O2S. The van der Waals surface area contributed by atoms with Crippen LogP contribution < -0.4 is 16.5 Å². The summed E-state index contributed by atoms with van der Waals surface area (Å²) in [6.45, 7) is 2.00. The van der Waals surface area contributed by atoms with Crippen LogP contribution in [0, 0.1) is 18.8 Å². The Morgan fingerprint density at radius 2 is 2.40 bits per heavy atom. The van der Waals surface area contributed by atoms with Gasteiger partial charge in [0.05, 0.1) is 17.6 Å². The number of thiazole rings is 1. The zero-order valence-corrected chi connectivity index (χ0v) is 11.5. The number of hydrogen-bond acceptors (Lipinski definition) is 5. The topological polar surface area (TPSA) is 101 Å². The predicted molar refractivity (Wildman–Crippen MR) is 77.8 cm³/mol. The predicted octanol–water partition coefficient (Wildman–Crippen LogP) is 0.702. The summed E-state index contributed by atoms with van der Waals surface area (Å²) in [5, 5.41) is 2.95. The molecule has 0 saturated carbocycles. The fourth-order valence-corrected chi connectivity index (χ4v) is 2.13. The summed E-state index contributed by atoms with van der Waals surface area (Å²) in [7, 11) is 0. The van der Waals surface area contributed by atoms with Crippen LogP contribution in [0.25, 0.3) is 0 Å². The number of aryl methyl sites for hydroxylation is 1. The van der Waals surface area contributed by atoms with Crippen molar-refractivity contribution in [3.8, 4) is 11.8 Å². The van der Waals surface area contributed by atoms with Crippen LogP contribution in [0.15, 0.2) is 23.3 Å². The van der Waals surface area contributed by atoms with E-state index >= 15 is 0 Å². The third-order valence-corrected chi connectivity index (χ3v) is 3.17. The summed E-state index contributed by atoms with van der Waals surface area (Å²) in [6.07, 6.45) is 2.93. The molecule has 2 heterocycles. The maximum atomic E-state index is 11.9. The largest absolute Gasteiger partial charge is 0.364 e. The van der Waals surface area contributed by atoms with Crippen LogP contribution in [0.1, 0.15) is 20.9 Å². The molecule has 0 saturated heterocycles. The van der Waals surface area contributed by atoms with Crippen molar-refractivity contribution in [2.24, 2.45) is 5.73 Å². The second kappa shape index (κ2) is 6.14. The van der Waals surface area contributed by atoms with Crippen LogP contribution >= 0.6 is 11.3 Å². The number of anilines is 1. The number of nitrogens with two attached hydrogens (primary N) is 1. The fourth-order valence-electron chi connectivity index (χ4n) is 1.44. The van der Waals surface area contributed by atoms with E-state index in [0.717, 1.165) is 0 Å². The van der Waals surface area contributed by atoms with Gasteiger partial charge in [-0.2, -0.15) is 0 Å². The molecule has 0 bridgehead atoms. The first-order valence-corrected chi connectivity index (χ1v) is 6.57. The summed E-state index contributed by atoms with van der Waals surface area (Å²) in [4.78, 5) is 31.2. The maximum absolute atomic E-state index is 11.9. The number of pyridine rings is 1. The van der Waals surface area contributed by atoms with Crippen molar-refractivity contribution in [1.82, 2.24) is 9.97 Å². The monoisotopic (exact) mass is 288 g/mol. The van der Waals surface area contributed by atoms with Crippen molar-refractivity contribution in [1.29, 1.82) is 0 Å². The number of H-pyrrole nitrogens is 1. The number of amides is 1. The minimum absolute atomic E-state index is 0.0420. The lowest BCUT2D eigenvalue weighted by Gasteiger charge is -2.01. The second-order valence-corrected chi connectivity index (χ2v) is 4.91. The number of aromatic nitrogens is 2. The lowest BCUT2D eigenvalue weighted by Crippen LogP contribution is -2.21. The van der Waals surface area contributed by atoms with Gasteiger partial charge in [0.25, 0.3) is 5.91 Å². The first-order chi connectivity index (χ1) is 9.60. The van der Waals surface area contributed by atoms with Crippen molar-refractivity contribution < 1.29 is 4.79 Å². The van der Waals surface area contributed by atoms with Gasteiger partial charge < -0.3 is 10.7 Å². The van der Waals surface area contributed by atoms with Crippen molar-refractivity contribution in [2.75, 3.05) is 11.9 Å². The number of hydrogen-bond donors (Lipinski definition) is 3. The molecule has 7 heteroatoms. The van der Waals surface area contributed by atoms with E-state index in [9.17, 15) is 9.59 Å². The van der Waals surface area contributed by atoms with E-state index in [1.54, 1.807) is 13.1 Å². The summed E-state index contributed by atoms with van der Waals surface area (Å²) < 4.78 is 0. The molecule has 4 N–H and O–H groups in total. The van der Waals surface area contributed by atoms with E-state index in [0.29, 0.717) is 15.7 Å².